The van der Waals surface area contributed by atoms with Crippen molar-refractivity contribution in [2.24, 2.45) is 5.41 Å². The van der Waals surface area contributed by atoms with Crippen LogP contribution in [0.5, 0.6) is 0 Å². The number of nitrogens with zero attached hydrogens (tertiary/aromatic N) is 4. The van der Waals surface area contributed by atoms with E-state index in [2.05, 4.69) is 14.3 Å². The average Bonchev–Trinajstić information content (AvgIpc) is 3.24. The Kier molecular flexibility index (Phi) is 5.39. The molecule has 1 aliphatic heterocycles. The molecule has 1 saturated heterocycles. The van der Waals surface area contributed by atoms with E-state index in [4.69, 9.17) is 28.2 Å². The summed E-state index contributed by atoms with van der Waals surface area (Å²) in [6, 6.07) is 5.69. The first-order valence-corrected chi connectivity index (χ1v) is 11.9. The Labute approximate surface area is 185 Å². The molecule has 1 spiro atoms. The van der Waals surface area contributed by atoms with Crippen LogP contribution in [0.2, 0.25) is 10.0 Å². The van der Waals surface area contributed by atoms with Crippen molar-refractivity contribution >= 4 is 46.6 Å². The molecule has 2 aliphatic rings. The van der Waals surface area contributed by atoms with Gasteiger partial charge in [0.1, 0.15) is 0 Å². The van der Waals surface area contributed by atoms with Gasteiger partial charge in [-0.2, -0.15) is 0 Å². The maximum Gasteiger partial charge on any atom is 0.211 e. The number of anilines is 1. The zero-order valence-corrected chi connectivity index (χ0v) is 18.6. The van der Waals surface area contributed by atoms with Gasteiger partial charge in [0.15, 0.2) is 5.65 Å². The summed E-state index contributed by atoms with van der Waals surface area (Å²) in [4.78, 5) is 13.8. The number of fused-ring (bicyclic) bond motifs is 1. The van der Waals surface area contributed by atoms with Crippen molar-refractivity contribution in [3.8, 4) is 0 Å². The van der Waals surface area contributed by atoms with Crippen molar-refractivity contribution in [1.29, 1.82) is 0 Å². The molecule has 0 atom stereocenters. The first-order chi connectivity index (χ1) is 14.2. The summed E-state index contributed by atoms with van der Waals surface area (Å²) < 4.78 is 2.11. The summed E-state index contributed by atoms with van der Waals surface area (Å²) in [6.07, 6.45) is 15.4. The number of aromatic nitrogens is 3. The molecular formula is C22H24Cl2N4S. The monoisotopic (exact) mass is 446 g/mol. The molecule has 4 nitrogen and oxygen atoms in total. The third kappa shape index (κ3) is 3.73. The molecule has 2 aromatic heterocycles. The standard InChI is InChI=1S/C22H24Cl2N4S/c23-16-5-4-6-17(19(16)24)29-18-15-26-21(28-14-11-25-20(18)28)27-12-9-22(10-13-27)7-2-1-3-8-22/h4-6,11,14-15H,1-3,7-10,12-13H2. The summed E-state index contributed by atoms with van der Waals surface area (Å²) in [5.41, 5.74) is 1.50. The highest BCUT2D eigenvalue weighted by Crippen LogP contribution is 2.45. The van der Waals surface area contributed by atoms with Crippen LogP contribution in [-0.2, 0) is 0 Å². The van der Waals surface area contributed by atoms with Crippen molar-refractivity contribution < 1.29 is 0 Å². The van der Waals surface area contributed by atoms with Gasteiger partial charge in [-0.15, -0.1) is 0 Å². The number of hydrogen-bond donors (Lipinski definition) is 0. The highest BCUT2D eigenvalue weighted by Gasteiger charge is 2.36. The molecule has 0 bridgehead atoms. The Hall–Kier alpha value is -1.43. The molecule has 0 unspecified atom stereocenters. The number of imidazole rings is 1. The molecule has 0 amide bonds. The van der Waals surface area contributed by atoms with E-state index in [0.29, 0.717) is 15.5 Å². The zero-order valence-electron chi connectivity index (χ0n) is 16.3. The van der Waals surface area contributed by atoms with Gasteiger partial charge in [0.05, 0.1) is 14.9 Å². The lowest BCUT2D eigenvalue weighted by Crippen LogP contribution is -2.42. The second-order valence-corrected chi connectivity index (χ2v) is 10.1. The molecule has 1 saturated carbocycles. The van der Waals surface area contributed by atoms with E-state index in [1.54, 1.807) is 17.8 Å². The summed E-state index contributed by atoms with van der Waals surface area (Å²) in [7, 11) is 0. The van der Waals surface area contributed by atoms with Crippen LogP contribution in [0.3, 0.4) is 0 Å². The fraction of sp³-hybridized carbons (Fsp3) is 0.455. The van der Waals surface area contributed by atoms with Crippen LogP contribution >= 0.6 is 35.0 Å². The van der Waals surface area contributed by atoms with Gasteiger partial charge >= 0.3 is 0 Å². The summed E-state index contributed by atoms with van der Waals surface area (Å²) in [6.45, 7) is 2.15. The zero-order chi connectivity index (χ0) is 19.8. The number of halogens is 2. The van der Waals surface area contributed by atoms with Crippen molar-refractivity contribution in [3.63, 3.8) is 0 Å². The van der Waals surface area contributed by atoms with Crippen LogP contribution in [0.25, 0.3) is 5.65 Å². The molecule has 0 N–H and O–H groups in total. The number of piperidine rings is 1. The molecule has 1 aromatic carbocycles. The molecule has 3 heterocycles. The van der Waals surface area contributed by atoms with E-state index in [1.165, 1.54) is 44.9 Å². The van der Waals surface area contributed by atoms with E-state index in [-0.39, 0.29) is 0 Å². The topological polar surface area (TPSA) is 33.4 Å². The number of hydrogen-bond acceptors (Lipinski definition) is 4. The third-order valence-electron chi connectivity index (χ3n) is 6.53. The molecular weight excluding hydrogens is 423 g/mol. The lowest BCUT2D eigenvalue weighted by Gasteiger charge is -2.44. The largest absolute Gasteiger partial charge is 0.342 e. The Balaban J connectivity index is 1.40. The van der Waals surface area contributed by atoms with E-state index in [9.17, 15) is 0 Å². The molecule has 1 aliphatic carbocycles. The van der Waals surface area contributed by atoms with E-state index in [1.807, 2.05) is 30.7 Å². The second kappa shape index (κ2) is 8.01. The fourth-order valence-corrected chi connectivity index (χ4v) is 6.26. The van der Waals surface area contributed by atoms with Crippen molar-refractivity contribution in [2.45, 2.75) is 54.7 Å². The average molecular weight is 447 g/mol. The minimum atomic E-state index is 0.561. The normalized spacial score (nSPS) is 19.2. The van der Waals surface area contributed by atoms with Gasteiger partial charge in [0.2, 0.25) is 5.95 Å². The van der Waals surface area contributed by atoms with Gasteiger partial charge < -0.3 is 4.90 Å². The quantitative estimate of drug-likeness (QED) is 0.445. The summed E-state index contributed by atoms with van der Waals surface area (Å²) in [5.74, 6) is 0.990. The minimum absolute atomic E-state index is 0.561. The Bertz CT molecular complexity index is 1020. The first-order valence-electron chi connectivity index (χ1n) is 10.3. The molecule has 3 aromatic rings. The molecule has 152 valence electrons. The van der Waals surface area contributed by atoms with E-state index >= 15 is 0 Å². The van der Waals surface area contributed by atoms with Crippen molar-refractivity contribution in [3.05, 3.63) is 46.8 Å². The predicted molar refractivity (Wildman–Crippen MR) is 121 cm³/mol. The summed E-state index contributed by atoms with van der Waals surface area (Å²) in [5, 5.41) is 1.13. The number of rotatable bonds is 3. The van der Waals surface area contributed by atoms with Gasteiger partial charge in [-0.3, -0.25) is 4.40 Å². The molecule has 2 fully saturated rings. The van der Waals surface area contributed by atoms with Crippen molar-refractivity contribution in [2.75, 3.05) is 18.0 Å². The third-order valence-corrected chi connectivity index (χ3v) is 8.53. The Morgan fingerprint density at radius 3 is 2.52 bits per heavy atom. The predicted octanol–water partition coefficient (Wildman–Crippen LogP) is 6.74. The number of benzene rings is 1. The minimum Gasteiger partial charge on any atom is -0.342 e. The van der Waals surface area contributed by atoms with Crippen LogP contribution in [-0.4, -0.2) is 27.5 Å². The van der Waals surface area contributed by atoms with Gasteiger partial charge in [0.25, 0.3) is 0 Å². The van der Waals surface area contributed by atoms with Crippen LogP contribution < -0.4 is 4.90 Å². The van der Waals surface area contributed by atoms with Crippen LogP contribution in [0.1, 0.15) is 44.9 Å². The lowest BCUT2D eigenvalue weighted by atomic mass is 9.68. The summed E-state index contributed by atoms with van der Waals surface area (Å²) >= 11 is 14.1. The Morgan fingerprint density at radius 1 is 0.931 bits per heavy atom. The van der Waals surface area contributed by atoms with Crippen LogP contribution in [0.4, 0.5) is 5.95 Å². The second-order valence-electron chi connectivity index (χ2n) is 8.25. The fourth-order valence-electron chi connectivity index (χ4n) is 4.85. The maximum atomic E-state index is 6.38. The van der Waals surface area contributed by atoms with E-state index in [0.717, 1.165) is 34.5 Å². The van der Waals surface area contributed by atoms with E-state index < -0.39 is 0 Å². The maximum absolute atomic E-state index is 6.38. The van der Waals surface area contributed by atoms with Gasteiger partial charge in [-0.1, -0.05) is 60.3 Å². The Morgan fingerprint density at radius 2 is 1.72 bits per heavy atom. The van der Waals surface area contributed by atoms with Gasteiger partial charge in [0, 0.05) is 36.6 Å². The first kappa shape index (κ1) is 19.5. The smallest absolute Gasteiger partial charge is 0.211 e. The highest BCUT2D eigenvalue weighted by atomic mass is 35.5. The molecule has 5 rings (SSSR count). The molecule has 7 heteroatoms. The molecule has 29 heavy (non-hydrogen) atoms. The van der Waals surface area contributed by atoms with Crippen LogP contribution in [0, 0.1) is 5.41 Å². The van der Waals surface area contributed by atoms with Gasteiger partial charge in [-0.25, -0.2) is 9.97 Å². The van der Waals surface area contributed by atoms with Crippen LogP contribution in [0.15, 0.2) is 46.6 Å². The lowest BCUT2D eigenvalue weighted by molar-refractivity contribution is 0.143. The highest BCUT2D eigenvalue weighted by molar-refractivity contribution is 7.99. The molecule has 0 radical (unpaired) electrons. The van der Waals surface area contributed by atoms with Crippen molar-refractivity contribution in [1.82, 2.24) is 14.4 Å². The SMILES string of the molecule is Clc1cccc(Sc2cnc(N3CCC4(CCCCC4)CC3)n3ccnc23)c1Cl. The van der Waals surface area contributed by atoms with Gasteiger partial charge in [-0.05, 0) is 43.2 Å².